The minimum absolute atomic E-state index is 0.196. The molecule has 1 aliphatic carbocycles. The lowest BCUT2D eigenvalue weighted by Gasteiger charge is -2.22. The number of fused-ring (bicyclic) bond motifs is 1. The summed E-state index contributed by atoms with van der Waals surface area (Å²) in [4.78, 5) is 6.22. The molecule has 0 radical (unpaired) electrons. The molecular formula is C17H21FN2S. The number of hydrogen-bond acceptors (Lipinski definition) is 3. The molecule has 1 aromatic carbocycles. The maximum atomic E-state index is 13.4. The van der Waals surface area contributed by atoms with Crippen LogP contribution >= 0.6 is 11.3 Å². The largest absolute Gasteiger partial charge is 0.314 e. The van der Waals surface area contributed by atoms with Gasteiger partial charge in [0.25, 0.3) is 0 Å². The van der Waals surface area contributed by atoms with Gasteiger partial charge >= 0.3 is 0 Å². The molecule has 2 nitrogen and oxygen atoms in total. The number of rotatable bonds is 4. The number of thiazole rings is 1. The van der Waals surface area contributed by atoms with Crippen molar-refractivity contribution in [2.24, 2.45) is 0 Å². The monoisotopic (exact) mass is 304 g/mol. The van der Waals surface area contributed by atoms with Gasteiger partial charge in [-0.15, -0.1) is 11.3 Å². The van der Waals surface area contributed by atoms with E-state index in [1.54, 1.807) is 23.5 Å². The number of benzene rings is 1. The Morgan fingerprint density at radius 1 is 1.43 bits per heavy atom. The number of nitrogens with one attached hydrogen (secondary N) is 1. The summed E-state index contributed by atoms with van der Waals surface area (Å²) >= 11 is 1.73. The second kappa shape index (κ2) is 6.24. The lowest BCUT2D eigenvalue weighted by atomic mass is 9.91. The summed E-state index contributed by atoms with van der Waals surface area (Å²) in [5.41, 5.74) is 2.13. The molecule has 0 bridgehead atoms. The molecule has 1 aromatic heterocycles. The van der Waals surface area contributed by atoms with Crippen LogP contribution in [0.4, 0.5) is 4.39 Å². The smallest absolute Gasteiger partial charge is 0.123 e. The summed E-state index contributed by atoms with van der Waals surface area (Å²) in [5, 5.41) is 4.47. The van der Waals surface area contributed by atoms with Crippen LogP contribution in [0.15, 0.2) is 24.3 Å². The van der Waals surface area contributed by atoms with Gasteiger partial charge in [0.1, 0.15) is 10.8 Å². The van der Waals surface area contributed by atoms with E-state index in [0.29, 0.717) is 12.0 Å². The van der Waals surface area contributed by atoms with Gasteiger partial charge in [-0.3, -0.25) is 0 Å². The summed E-state index contributed by atoms with van der Waals surface area (Å²) in [7, 11) is 0. The number of nitrogens with zero attached hydrogens (tertiary/aromatic N) is 1. The minimum atomic E-state index is -0.196. The third-order valence-corrected chi connectivity index (χ3v) is 5.09. The highest BCUT2D eigenvalue weighted by Gasteiger charge is 2.25. The van der Waals surface area contributed by atoms with E-state index in [0.717, 1.165) is 23.5 Å². The van der Waals surface area contributed by atoms with Crippen molar-refractivity contribution in [2.45, 2.75) is 45.1 Å². The van der Waals surface area contributed by atoms with Crippen molar-refractivity contribution in [3.8, 4) is 10.6 Å². The maximum Gasteiger partial charge on any atom is 0.123 e. The number of aryl methyl sites for hydroxylation is 1. The van der Waals surface area contributed by atoms with Gasteiger partial charge in [-0.1, -0.05) is 26.0 Å². The van der Waals surface area contributed by atoms with E-state index in [1.165, 1.54) is 29.5 Å². The van der Waals surface area contributed by atoms with Crippen LogP contribution in [-0.2, 0) is 6.42 Å². The standard InChI is InChI=1S/C17H21FN2S/c1-11(2)19-10-13-6-4-8-15-16(13)20-17(21-15)12-5-3-7-14(18)9-12/h3,5,7,9,11,13,19H,4,6,8,10H2,1-2H3. The van der Waals surface area contributed by atoms with E-state index < -0.39 is 0 Å². The Hall–Kier alpha value is -1.26. The Morgan fingerprint density at radius 3 is 3.05 bits per heavy atom. The van der Waals surface area contributed by atoms with Crippen molar-refractivity contribution in [1.82, 2.24) is 10.3 Å². The summed E-state index contributed by atoms with van der Waals surface area (Å²) in [6.07, 6.45) is 3.53. The van der Waals surface area contributed by atoms with Crippen molar-refractivity contribution < 1.29 is 4.39 Å². The SMILES string of the molecule is CC(C)NCC1CCCc2sc(-c3cccc(F)c3)nc21. The van der Waals surface area contributed by atoms with Gasteiger partial charge in [0.15, 0.2) is 0 Å². The molecule has 1 heterocycles. The van der Waals surface area contributed by atoms with Crippen molar-refractivity contribution in [3.05, 3.63) is 40.7 Å². The lowest BCUT2D eigenvalue weighted by molar-refractivity contribution is 0.475. The summed E-state index contributed by atoms with van der Waals surface area (Å²) in [6, 6.07) is 7.24. The number of halogens is 1. The minimum Gasteiger partial charge on any atom is -0.314 e. The third kappa shape index (κ3) is 3.33. The molecule has 1 unspecified atom stereocenters. The first-order chi connectivity index (χ1) is 10.1. The third-order valence-electron chi connectivity index (χ3n) is 3.91. The predicted octanol–water partition coefficient (Wildman–Crippen LogP) is 4.37. The molecule has 112 valence electrons. The van der Waals surface area contributed by atoms with E-state index >= 15 is 0 Å². The zero-order chi connectivity index (χ0) is 14.8. The second-order valence-corrected chi connectivity index (χ2v) is 7.07. The molecule has 1 N–H and O–H groups in total. The van der Waals surface area contributed by atoms with Crippen molar-refractivity contribution in [1.29, 1.82) is 0 Å². The predicted molar refractivity (Wildman–Crippen MR) is 86.3 cm³/mol. The molecule has 1 aliphatic rings. The Labute approximate surface area is 129 Å². The fourth-order valence-corrected chi connectivity index (χ4v) is 4.01. The van der Waals surface area contributed by atoms with Crippen LogP contribution in [0.25, 0.3) is 10.6 Å². The summed E-state index contributed by atoms with van der Waals surface area (Å²) in [6.45, 7) is 5.32. The van der Waals surface area contributed by atoms with Crippen LogP contribution in [0.1, 0.15) is 43.2 Å². The number of hydrogen-bond donors (Lipinski definition) is 1. The molecule has 1 atom stereocenters. The highest BCUT2D eigenvalue weighted by molar-refractivity contribution is 7.15. The molecule has 0 saturated heterocycles. The Balaban J connectivity index is 1.87. The summed E-state index contributed by atoms with van der Waals surface area (Å²) in [5.74, 6) is 0.299. The maximum absolute atomic E-state index is 13.4. The highest BCUT2D eigenvalue weighted by Crippen LogP contribution is 2.38. The molecule has 0 saturated carbocycles. The molecule has 0 fully saturated rings. The average molecular weight is 304 g/mol. The summed E-state index contributed by atoms with van der Waals surface area (Å²) < 4.78 is 13.4. The van der Waals surface area contributed by atoms with Gasteiger partial charge < -0.3 is 5.32 Å². The number of aromatic nitrogens is 1. The van der Waals surface area contributed by atoms with E-state index in [2.05, 4.69) is 19.2 Å². The quantitative estimate of drug-likeness (QED) is 0.907. The van der Waals surface area contributed by atoms with Crippen LogP contribution in [0.5, 0.6) is 0 Å². The normalized spacial score (nSPS) is 18.0. The first-order valence-electron chi connectivity index (χ1n) is 7.62. The zero-order valence-corrected chi connectivity index (χ0v) is 13.3. The van der Waals surface area contributed by atoms with Gasteiger partial charge in [-0.2, -0.15) is 0 Å². The molecule has 21 heavy (non-hydrogen) atoms. The average Bonchev–Trinajstić information content (AvgIpc) is 2.89. The molecule has 2 aromatic rings. The van der Waals surface area contributed by atoms with E-state index in [-0.39, 0.29) is 5.82 Å². The topological polar surface area (TPSA) is 24.9 Å². The van der Waals surface area contributed by atoms with Gasteiger partial charge in [-0.05, 0) is 31.4 Å². The van der Waals surface area contributed by atoms with Crippen LogP contribution in [0, 0.1) is 5.82 Å². The highest BCUT2D eigenvalue weighted by atomic mass is 32.1. The van der Waals surface area contributed by atoms with E-state index in [9.17, 15) is 4.39 Å². The second-order valence-electron chi connectivity index (χ2n) is 5.99. The van der Waals surface area contributed by atoms with Crippen LogP contribution in [0.2, 0.25) is 0 Å². The molecular weight excluding hydrogens is 283 g/mol. The molecule has 3 rings (SSSR count). The first kappa shape index (κ1) is 14.7. The van der Waals surface area contributed by atoms with Gasteiger partial charge in [-0.25, -0.2) is 9.37 Å². The van der Waals surface area contributed by atoms with Crippen molar-refractivity contribution in [3.63, 3.8) is 0 Å². The Kier molecular flexibility index (Phi) is 4.36. The zero-order valence-electron chi connectivity index (χ0n) is 12.5. The van der Waals surface area contributed by atoms with E-state index in [4.69, 9.17) is 4.98 Å². The van der Waals surface area contributed by atoms with E-state index in [1.807, 2.05) is 6.07 Å². The molecule has 0 spiro atoms. The van der Waals surface area contributed by atoms with Crippen LogP contribution in [0.3, 0.4) is 0 Å². The van der Waals surface area contributed by atoms with Gasteiger partial charge in [0.05, 0.1) is 5.69 Å². The van der Waals surface area contributed by atoms with Crippen LogP contribution < -0.4 is 5.32 Å². The van der Waals surface area contributed by atoms with Crippen molar-refractivity contribution >= 4 is 11.3 Å². The first-order valence-corrected chi connectivity index (χ1v) is 8.44. The van der Waals surface area contributed by atoms with Gasteiger partial charge in [0, 0.05) is 28.9 Å². The van der Waals surface area contributed by atoms with Gasteiger partial charge in [0.2, 0.25) is 0 Å². The fraction of sp³-hybridized carbons (Fsp3) is 0.471. The lowest BCUT2D eigenvalue weighted by Crippen LogP contribution is -2.29. The Morgan fingerprint density at radius 2 is 2.29 bits per heavy atom. The van der Waals surface area contributed by atoms with Crippen molar-refractivity contribution in [2.75, 3.05) is 6.54 Å². The molecule has 0 aliphatic heterocycles. The Bertz CT molecular complexity index is 621. The van der Waals surface area contributed by atoms with Crippen LogP contribution in [-0.4, -0.2) is 17.6 Å². The molecule has 0 amide bonds. The fourth-order valence-electron chi connectivity index (χ4n) is 2.83. The molecule has 4 heteroatoms.